The molecule has 0 bridgehead atoms. The molecule has 0 spiro atoms. The number of fused-ring (bicyclic) bond motifs is 13. The van der Waals surface area contributed by atoms with E-state index in [4.69, 9.17) is 9.72 Å². The minimum atomic E-state index is -2.16. The van der Waals surface area contributed by atoms with E-state index in [0.717, 1.165) is 75.1 Å². The second kappa shape index (κ2) is 19.7. The Balaban J connectivity index is 0.913. The fourth-order valence-corrected chi connectivity index (χ4v) is 23.8. The fraction of sp³-hybridized carbons (Fsp3) is 0.145. The first kappa shape index (κ1) is 55.6. The standard InChI is InChI=1S/C83H70B2N6OSi2/c1-82(2)45-46-83(3,4)58-47-55(43-44-57(58)82)89-63-33-17-15-31-59(63)84-61-50-62-69(51-68(61)87(53-27-11-9-12-28-53)70-48-56(49-71(89)79(70)84)90-64-34-18-23-39-74(64)93(5,6)75-40-24-19-35-65(75)90)88(54-29-13-10-14-30-54)72-52-78(86-81-80(72)85(62)60-32-16-22-38-73(60)92-81)91-66-36-20-25-41-76(66)94(7,8)77-42-26-21-37-67(77)91/h9-44,47-52H,45-46H2,1-8H3. The topological polar surface area (TPSA) is 38.3 Å². The van der Waals surface area contributed by atoms with Crippen molar-refractivity contribution in [2.45, 2.75) is 77.6 Å². The van der Waals surface area contributed by atoms with Gasteiger partial charge in [0.15, 0.2) is 0 Å². The average molecular weight is 1250 g/mol. The van der Waals surface area contributed by atoms with Crippen LogP contribution >= 0.6 is 0 Å². The van der Waals surface area contributed by atoms with E-state index in [-0.39, 0.29) is 24.3 Å². The maximum Gasteiger partial charge on any atom is 0.258 e. The first-order chi connectivity index (χ1) is 45.7. The molecule has 12 aromatic rings. The summed E-state index contributed by atoms with van der Waals surface area (Å²) in [6.45, 7) is 19.4. The molecule has 0 radical (unpaired) electrons. The quantitative estimate of drug-likeness (QED) is 0.159. The Morgan fingerprint density at radius 3 is 1.31 bits per heavy atom. The van der Waals surface area contributed by atoms with Crippen molar-refractivity contribution in [1.82, 2.24) is 4.98 Å². The number of hydrogen-bond acceptors (Lipinski definition) is 7. The molecule has 6 aliphatic heterocycles. The molecule has 7 heterocycles. The van der Waals surface area contributed by atoms with Crippen molar-refractivity contribution in [3.05, 3.63) is 266 Å². The van der Waals surface area contributed by atoms with E-state index in [9.17, 15) is 0 Å². The number of aromatic nitrogens is 1. The van der Waals surface area contributed by atoms with Crippen LogP contribution in [-0.4, -0.2) is 34.6 Å². The van der Waals surface area contributed by atoms with Gasteiger partial charge in [-0.3, -0.25) is 4.90 Å². The van der Waals surface area contributed by atoms with Gasteiger partial charge in [0.25, 0.3) is 13.4 Å². The molecule has 0 N–H and O–H groups in total. The third-order valence-electron chi connectivity index (χ3n) is 22.5. The van der Waals surface area contributed by atoms with Crippen molar-refractivity contribution in [2.24, 2.45) is 0 Å². The van der Waals surface area contributed by atoms with Crippen LogP contribution in [0.5, 0.6) is 11.6 Å². The highest BCUT2D eigenvalue weighted by Crippen LogP contribution is 2.54. The minimum absolute atomic E-state index is 0.00494. The molecule has 0 saturated heterocycles. The van der Waals surface area contributed by atoms with E-state index in [1.165, 1.54) is 93.5 Å². The molecule has 0 atom stereocenters. The minimum Gasteiger partial charge on any atom is -0.440 e. The predicted octanol–water partition coefficient (Wildman–Crippen LogP) is 15.1. The SMILES string of the molecule is CC1(C)CCC(C)(C)c2cc(N3c4ccccc4B4c5cc6c(cc5N(c5ccccc5)c5cc(N7c8ccccc8[Si](C)(C)c8ccccc87)cc3c54)N(c3ccccc3)c3cc(N4c5ccccc5[Si](C)(C)c5ccccc54)nc4c3B6c3ccccc3O4)ccc21. The summed E-state index contributed by atoms with van der Waals surface area (Å²) in [7, 11) is -4.29. The lowest BCUT2D eigenvalue weighted by Gasteiger charge is -2.47. The monoisotopic (exact) mass is 1240 g/mol. The predicted molar refractivity (Wildman–Crippen MR) is 402 cm³/mol. The molecule has 94 heavy (non-hydrogen) atoms. The first-order valence-corrected chi connectivity index (χ1v) is 39.6. The lowest BCUT2D eigenvalue weighted by Crippen LogP contribution is -2.64. The molecular weight excluding hydrogens is 1170 g/mol. The van der Waals surface area contributed by atoms with Crippen molar-refractivity contribution in [2.75, 3.05) is 24.5 Å². The Bertz CT molecular complexity index is 5130. The van der Waals surface area contributed by atoms with Crippen molar-refractivity contribution in [1.29, 1.82) is 0 Å². The fourth-order valence-electron chi connectivity index (χ4n) is 17.8. The number of nitrogens with zero attached hydrogens (tertiary/aromatic N) is 6. The van der Waals surface area contributed by atoms with Crippen LogP contribution in [0.3, 0.4) is 0 Å². The summed E-state index contributed by atoms with van der Waals surface area (Å²) in [5.74, 6) is 2.28. The molecule has 0 amide bonds. The van der Waals surface area contributed by atoms with Gasteiger partial charge in [0.2, 0.25) is 5.88 Å². The summed E-state index contributed by atoms with van der Waals surface area (Å²) >= 11 is 0. The van der Waals surface area contributed by atoms with Gasteiger partial charge in [0.05, 0.1) is 11.4 Å². The number of benzene rings is 11. The summed E-state index contributed by atoms with van der Waals surface area (Å²) in [5, 5.41) is 5.65. The number of rotatable bonds is 5. The van der Waals surface area contributed by atoms with Gasteiger partial charge < -0.3 is 24.3 Å². The summed E-state index contributed by atoms with van der Waals surface area (Å²) in [6.07, 6.45) is 2.28. The van der Waals surface area contributed by atoms with Gasteiger partial charge in [-0.1, -0.05) is 212 Å². The van der Waals surface area contributed by atoms with Crippen LogP contribution in [0.2, 0.25) is 26.2 Å². The number of ether oxygens (including phenoxy) is 1. The van der Waals surface area contributed by atoms with Crippen LogP contribution in [0.15, 0.2) is 255 Å². The Labute approximate surface area is 554 Å². The van der Waals surface area contributed by atoms with Gasteiger partial charge in [-0.25, -0.2) is 0 Å². The van der Waals surface area contributed by atoms with Gasteiger partial charge in [-0.05, 0) is 174 Å². The Morgan fingerprint density at radius 1 is 0.330 bits per heavy atom. The highest BCUT2D eigenvalue weighted by molar-refractivity contribution is 7.04. The first-order valence-electron chi connectivity index (χ1n) is 33.6. The van der Waals surface area contributed by atoms with Crippen molar-refractivity contribution in [3.8, 4) is 11.6 Å². The van der Waals surface area contributed by atoms with Gasteiger partial charge in [0.1, 0.15) is 27.7 Å². The number of pyridine rings is 1. The van der Waals surface area contributed by atoms with Crippen LogP contribution in [0.25, 0.3) is 0 Å². The van der Waals surface area contributed by atoms with Crippen LogP contribution < -0.4 is 82.8 Å². The van der Waals surface area contributed by atoms with Crippen molar-refractivity contribution in [3.63, 3.8) is 0 Å². The smallest absolute Gasteiger partial charge is 0.258 e. The average Bonchev–Trinajstić information content (AvgIpc) is 0.686. The molecule has 1 aliphatic carbocycles. The highest BCUT2D eigenvalue weighted by Gasteiger charge is 2.51. The van der Waals surface area contributed by atoms with Crippen LogP contribution in [0.4, 0.5) is 85.4 Å². The number of para-hydroxylation sites is 8. The van der Waals surface area contributed by atoms with Gasteiger partial charge in [-0.15, -0.1) is 0 Å². The second-order valence-corrected chi connectivity index (χ2v) is 38.0. The van der Waals surface area contributed by atoms with E-state index in [2.05, 4.69) is 333 Å². The molecule has 7 aliphatic rings. The van der Waals surface area contributed by atoms with Crippen LogP contribution in [0.1, 0.15) is 51.7 Å². The Hall–Kier alpha value is -10.1. The zero-order chi connectivity index (χ0) is 63.3. The molecule has 0 fully saturated rings. The summed E-state index contributed by atoms with van der Waals surface area (Å²) in [6, 6.07) is 96.9. The van der Waals surface area contributed by atoms with E-state index >= 15 is 0 Å². The maximum atomic E-state index is 7.28. The zero-order valence-corrected chi connectivity index (χ0v) is 56.4. The van der Waals surface area contributed by atoms with E-state index < -0.39 is 16.1 Å². The molecule has 19 rings (SSSR count). The second-order valence-electron chi connectivity index (χ2n) is 29.3. The van der Waals surface area contributed by atoms with Gasteiger partial charge in [-0.2, -0.15) is 4.98 Å². The van der Waals surface area contributed by atoms with Gasteiger partial charge in [0, 0.05) is 79.8 Å². The molecule has 11 heteroatoms. The summed E-state index contributed by atoms with van der Waals surface area (Å²) in [4.78, 5) is 18.6. The number of anilines is 15. The zero-order valence-electron chi connectivity index (χ0n) is 54.4. The molecule has 11 aromatic carbocycles. The summed E-state index contributed by atoms with van der Waals surface area (Å²) < 4.78 is 7.28. The van der Waals surface area contributed by atoms with Crippen molar-refractivity contribution < 1.29 is 4.74 Å². The normalized spacial score (nSPS) is 16.9. The van der Waals surface area contributed by atoms with Crippen LogP contribution in [-0.2, 0) is 10.8 Å². The maximum absolute atomic E-state index is 7.28. The lowest BCUT2D eigenvalue weighted by atomic mass is 9.30. The third kappa shape index (κ3) is 7.70. The van der Waals surface area contributed by atoms with Crippen LogP contribution in [0, 0.1) is 0 Å². The van der Waals surface area contributed by atoms with E-state index in [1.54, 1.807) is 0 Å². The Kier molecular flexibility index (Phi) is 11.7. The lowest BCUT2D eigenvalue weighted by molar-refractivity contribution is 0.332. The van der Waals surface area contributed by atoms with Gasteiger partial charge >= 0.3 is 0 Å². The van der Waals surface area contributed by atoms with E-state index in [1.807, 2.05) is 0 Å². The Morgan fingerprint density at radius 2 is 0.755 bits per heavy atom. The molecule has 1 aromatic heterocycles. The molecular formula is C83H70B2N6OSi2. The molecule has 7 nitrogen and oxygen atoms in total. The molecule has 0 unspecified atom stereocenters. The molecule has 452 valence electrons. The van der Waals surface area contributed by atoms with E-state index in [0.29, 0.717) is 5.88 Å². The largest absolute Gasteiger partial charge is 0.440 e. The van der Waals surface area contributed by atoms with Crippen molar-refractivity contribution >= 4 is 169 Å². The third-order valence-corrected chi connectivity index (χ3v) is 29.6. The summed E-state index contributed by atoms with van der Waals surface area (Å²) in [5.41, 5.74) is 26.3. The highest BCUT2D eigenvalue weighted by atomic mass is 28.3. The number of hydrogen-bond donors (Lipinski definition) is 0. The molecule has 0 saturated carbocycles.